The van der Waals surface area contributed by atoms with Crippen molar-refractivity contribution in [1.29, 1.82) is 0 Å². The molecule has 7 rings (SSSR count). The molecule has 1 aliphatic heterocycles. The molecule has 0 bridgehead atoms. The van der Waals surface area contributed by atoms with E-state index in [2.05, 4.69) is 45.9 Å². The molecule has 0 N–H and O–H groups in total. The van der Waals surface area contributed by atoms with Gasteiger partial charge in [0.1, 0.15) is 12.2 Å². The van der Waals surface area contributed by atoms with Crippen molar-refractivity contribution in [3.63, 3.8) is 0 Å². The van der Waals surface area contributed by atoms with Crippen molar-refractivity contribution in [2.24, 2.45) is 33.5 Å². The number of benzene rings is 1. The minimum atomic E-state index is -0.592. The summed E-state index contributed by atoms with van der Waals surface area (Å²) in [5.74, 6) is 0.141. The fraction of sp³-hybridized carbons (Fsp3) is 0.515. The molecule has 0 radical (unpaired) electrons. The summed E-state index contributed by atoms with van der Waals surface area (Å²) in [5, 5.41) is 0. The van der Waals surface area contributed by atoms with Crippen LogP contribution in [0.25, 0.3) is 0 Å². The number of fused-ring (bicyclic) bond motifs is 4. The van der Waals surface area contributed by atoms with Crippen LogP contribution in [0.1, 0.15) is 68.8 Å². The number of esters is 1. The van der Waals surface area contributed by atoms with Crippen LogP contribution in [0, 0.1) is 33.5 Å². The Labute approximate surface area is 224 Å². The van der Waals surface area contributed by atoms with Crippen LogP contribution < -0.4 is 0 Å². The smallest absolute Gasteiger partial charge is 0.338 e. The second-order valence-electron chi connectivity index (χ2n) is 13.2. The fourth-order valence-electron chi connectivity index (χ4n) is 9.80. The Morgan fingerprint density at radius 2 is 1.84 bits per heavy atom. The highest BCUT2D eigenvalue weighted by Crippen LogP contribution is 2.74. The van der Waals surface area contributed by atoms with E-state index in [1.807, 2.05) is 30.5 Å². The van der Waals surface area contributed by atoms with Gasteiger partial charge in [0.25, 0.3) is 0 Å². The zero-order valence-electron chi connectivity index (χ0n) is 22.6. The highest BCUT2D eigenvalue weighted by molar-refractivity contribution is 5.97. The number of rotatable bonds is 3. The molecule has 5 aliphatic rings. The quantitative estimate of drug-likeness (QED) is 0.346. The van der Waals surface area contributed by atoms with Crippen LogP contribution in [0.3, 0.4) is 0 Å². The van der Waals surface area contributed by atoms with Gasteiger partial charge in [0, 0.05) is 22.2 Å². The molecule has 9 atom stereocenters. The summed E-state index contributed by atoms with van der Waals surface area (Å²) in [4.78, 5) is 27.5. The van der Waals surface area contributed by atoms with Crippen LogP contribution in [-0.2, 0) is 14.3 Å². The number of allylic oxidation sites excluding steroid dienone is 2. The van der Waals surface area contributed by atoms with Crippen LogP contribution >= 0.6 is 0 Å². The standard InChI is InChI=1S/C33H36O5/c1-30-15-13-25(34)33(4)24-12-16-31(2)22(21-14-17-36-18-21)10-11-23(31)32(24,3)28(26(27(30)33)37-19-30)38-29(35)20-8-6-5-7-9-20/h5-9,11,13-15,17-18,22,24,26-28H,10,12,16,19H2,1-4H3/t22-,24-,26+,27-,28-,30-,31-,32-,33-/m0/s1. The highest BCUT2D eigenvalue weighted by atomic mass is 16.6. The van der Waals surface area contributed by atoms with Gasteiger partial charge in [-0.15, -0.1) is 0 Å². The second-order valence-corrected chi connectivity index (χ2v) is 13.2. The molecular weight excluding hydrogens is 476 g/mol. The molecule has 0 spiro atoms. The maximum Gasteiger partial charge on any atom is 0.338 e. The monoisotopic (exact) mass is 512 g/mol. The Hall–Kier alpha value is -2.92. The molecule has 198 valence electrons. The lowest BCUT2D eigenvalue weighted by molar-refractivity contribution is -0.199. The summed E-state index contributed by atoms with van der Waals surface area (Å²) in [6, 6.07) is 11.3. The van der Waals surface area contributed by atoms with E-state index in [9.17, 15) is 9.59 Å². The van der Waals surface area contributed by atoms with Crippen molar-refractivity contribution in [3.05, 3.63) is 83.9 Å². The summed E-state index contributed by atoms with van der Waals surface area (Å²) in [5.41, 5.74) is 1.54. The summed E-state index contributed by atoms with van der Waals surface area (Å²) in [6.07, 6.45) is 11.8. The first-order chi connectivity index (χ1) is 18.1. The number of carbonyl (C=O) groups is 2. The van der Waals surface area contributed by atoms with E-state index in [0.29, 0.717) is 18.1 Å². The van der Waals surface area contributed by atoms with E-state index in [-0.39, 0.29) is 40.5 Å². The molecule has 2 heterocycles. The lowest BCUT2D eigenvalue weighted by Gasteiger charge is -2.66. The van der Waals surface area contributed by atoms with Crippen molar-refractivity contribution in [1.82, 2.24) is 0 Å². The zero-order chi connectivity index (χ0) is 26.5. The lowest BCUT2D eigenvalue weighted by atomic mass is 9.38. The largest absolute Gasteiger partial charge is 0.472 e. The molecule has 5 heteroatoms. The van der Waals surface area contributed by atoms with E-state index in [0.717, 1.165) is 19.3 Å². The predicted molar refractivity (Wildman–Crippen MR) is 142 cm³/mol. The SMILES string of the molecule is C[C@]12C3=CC[C@@H](c4ccoc4)[C@]3(C)CC[C@@H]1[C@@]1(C)C(=O)C=C[C@@]3(C)CO[C@H]([C@H]13)[C@@H]2OC(=O)c1ccccc1. The molecule has 0 amide bonds. The van der Waals surface area contributed by atoms with Crippen LogP contribution in [0.15, 0.2) is 77.1 Å². The third-order valence-corrected chi connectivity index (χ3v) is 11.4. The van der Waals surface area contributed by atoms with Crippen molar-refractivity contribution >= 4 is 11.8 Å². The molecular formula is C33H36O5. The zero-order valence-corrected chi connectivity index (χ0v) is 22.6. The molecule has 4 aliphatic carbocycles. The molecule has 2 saturated carbocycles. The predicted octanol–water partition coefficient (Wildman–Crippen LogP) is 6.52. The first-order valence-corrected chi connectivity index (χ1v) is 14.0. The number of ketones is 1. The van der Waals surface area contributed by atoms with Crippen LogP contribution in [0.5, 0.6) is 0 Å². The Bertz CT molecular complexity index is 1360. The highest BCUT2D eigenvalue weighted by Gasteiger charge is 2.75. The molecule has 1 aromatic carbocycles. The van der Waals surface area contributed by atoms with Crippen molar-refractivity contribution in [2.45, 2.75) is 65.1 Å². The maximum atomic E-state index is 13.9. The van der Waals surface area contributed by atoms with Gasteiger partial charge < -0.3 is 13.9 Å². The summed E-state index contributed by atoms with van der Waals surface area (Å²) in [6.45, 7) is 9.52. The van der Waals surface area contributed by atoms with Gasteiger partial charge in [0.15, 0.2) is 5.78 Å². The number of hydrogen-bond donors (Lipinski definition) is 0. The molecule has 3 fully saturated rings. The fourth-order valence-corrected chi connectivity index (χ4v) is 9.80. The molecule has 1 saturated heterocycles. The molecule has 2 aromatic rings. The van der Waals surface area contributed by atoms with Gasteiger partial charge in [-0.2, -0.15) is 0 Å². The summed E-state index contributed by atoms with van der Waals surface area (Å²) < 4.78 is 18.7. The Morgan fingerprint density at radius 3 is 2.58 bits per heavy atom. The number of hydrogen-bond acceptors (Lipinski definition) is 5. The van der Waals surface area contributed by atoms with E-state index in [1.54, 1.807) is 18.4 Å². The maximum absolute atomic E-state index is 13.9. The van der Waals surface area contributed by atoms with Crippen molar-refractivity contribution in [3.8, 4) is 0 Å². The van der Waals surface area contributed by atoms with Gasteiger partial charge in [0.2, 0.25) is 0 Å². The average molecular weight is 513 g/mol. The number of carbonyl (C=O) groups excluding carboxylic acids is 2. The van der Waals surface area contributed by atoms with Crippen molar-refractivity contribution in [2.75, 3.05) is 6.61 Å². The van der Waals surface area contributed by atoms with Gasteiger partial charge in [-0.25, -0.2) is 4.79 Å². The van der Waals surface area contributed by atoms with Crippen molar-refractivity contribution < 1.29 is 23.5 Å². The molecule has 1 aromatic heterocycles. The number of furan rings is 1. The van der Waals surface area contributed by atoms with E-state index >= 15 is 0 Å². The van der Waals surface area contributed by atoms with Gasteiger partial charge in [-0.1, -0.05) is 63.6 Å². The molecule has 38 heavy (non-hydrogen) atoms. The van der Waals surface area contributed by atoms with Gasteiger partial charge in [-0.3, -0.25) is 4.79 Å². The minimum absolute atomic E-state index is 0.0331. The van der Waals surface area contributed by atoms with E-state index < -0.39 is 16.9 Å². The van der Waals surface area contributed by atoms with Crippen LogP contribution in [0.4, 0.5) is 0 Å². The third kappa shape index (κ3) is 2.86. The first kappa shape index (κ1) is 24.1. The average Bonchev–Trinajstić information content (AvgIpc) is 3.63. The van der Waals surface area contributed by atoms with Crippen LogP contribution in [-0.4, -0.2) is 30.6 Å². The van der Waals surface area contributed by atoms with E-state index in [4.69, 9.17) is 13.9 Å². The summed E-state index contributed by atoms with van der Waals surface area (Å²) >= 11 is 0. The topological polar surface area (TPSA) is 65.7 Å². The first-order valence-electron chi connectivity index (χ1n) is 14.0. The molecule has 0 unspecified atom stereocenters. The molecule has 5 nitrogen and oxygen atoms in total. The van der Waals surface area contributed by atoms with Gasteiger partial charge >= 0.3 is 5.97 Å². The normalized spacial score (nSPS) is 44.7. The third-order valence-electron chi connectivity index (χ3n) is 11.4. The number of ether oxygens (including phenoxy) is 2. The van der Waals surface area contributed by atoms with Gasteiger partial charge in [0.05, 0.1) is 24.7 Å². The Balaban J connectivity index is 1.39. The van der Waals surface area contributed by atoms with E-state index in [1.165, 1.54) is 11.1 Å². The minimum Gasteiger partial charge on any atom is -0.472 e. The Kier molecular flexibility index (Phi) is 4.97. The summed E-state index contributed by atoms with van der Waals surface area (Å²) in [7, 11) is 0. The Morgan fingerprint density at radius 1 is 1.05 bits per heavy atom. The van der Waals surface area contributed by atoms with Gasteiger partial charge in [-0.05, 0) is 66.4 Å². The lowest BCUT2D eigenvalue weighted by Crippen LogP contribution is -2.69. The van der Waals surface area contributed by atoms with Crippen LogP contribution in [0.2, 0.25) is 0 Å². The second kappa shape index (κ2) is 7.81.